The molecule has 2 aromatic carbocycles. The number of hydrogen-bond donors (Lipinski definition) is 1. The molecule has 2 aromatic rings. The number of carbonyl (C=O) groups is 2. The summed E-state index contributed by atoms with van der Waals surface area (Å²) >= 11 is 12.0. The van der Waals surface area contributed by atoms with Crippen molar-refractivity contribution < 1.29 is 14.0 Å². The van der Waals surface area contributed by atoms with Gasteiger partial charge in [0.1, 0.15) is 17.7 Å². The van der Waals surface area contributed by atoms with Crippen LogP contribution >= 0.6 is 23.2 Å². The Morgan fingerprint density at radius 3 is 2.35 bits per heavy atom. The summed E-state index contributed by atoms with van der Waals surface area (Å²) in [4.78, 5) is 27.8. The summed E-state index contributed by atoms with van der Waals surface area (Å²) in [5, 5.41) is 3.71. The summed E-state index contributed by atoms with van der Waals surface area (Å²) in [7, 11) is 0. The number of hydrogen-bond acceptors (Lipinski definition) is 2. The predicted molar refractivity (Wildman–Crippen MR) is 121 cm³/mol. The van der Waals surface area contributed by atoms with E-state index in [1.807, 2.05) is 0 Å². The van der Waals surface area contributed by atoms with Crippen LogP contribution in [0.25, 0.3) is 0 Å². The first-order chi connectivity index (χ1) is 14.9. The number of benzene rings is 2. The van der Waals surface area contributed by atoms with Crippen LogP contribution in [0.2, 0.25) is 5.02 Å². The molecule has 0 spiro atoms. The van der Waals surface area contributed by atoms with Crippen LogP contribution in [-0.2, 0) is 16.1 Å². The second kappa shape index (κ2) is 11.0. The van der Waals surface area contributed by atoms with E-state index in [1.165, 1.54) is 17.0 Å². The lowest BCUT2D eigenvalue weighted by molar-refractivity contribution is -0.140. The Bertz CT molecular complexity index is 889. The van der Waals surface area contributed by atoms with Gasteiger partial charge in [0.2, 0.25) is 11.8 Å². The lowest BCUT2D eigenvalue weighted by Crippen LogP contribution is -2.49. The van der Waals surface area contributed by atoms with E-state index in [-0.39, 0.29) is 36.1 Å². The van der Waals surface area contributed by atoms with Gasteiger partial charge in [0.15, 0.2) is 0 Å². The zero-order chi connectivity index (χ0) is 22.4. The van der Waals surface area contributed by atoms with Crippen molar-refractivity contribution in [1.29, 1.82) is 0 Å². The summed E-state index contributed by atoms with van der Waals surface area (Å²) in [6.07, 6.45) is 4.22. The van der Waals surface area contributed by atoms with E-state index in [2.05, 4.69) is 12.2 Å². The highest BCUT2D eigenvalue weighted by molar-refractivity contribution is 6.30. The molecule has 3 unspecified atom stereocenters. The van der Waals surface area contributed by atoms with Crippen molar-refractivity contribution in [2.45, 2.75) is 51.2 Å². The number of halogens is 3. The Kier molecular flexibility index (Phi) is 8.33. The average Bonchev–Trinajstić information content (AvgIpc) is 2.77. The van der Waals surface area contributed by atoms with Crippen LogP contribution in [-0.4, -0.2) is 28.6 Å². The number of amides is 2. The maximum absolute atomic E-state index is 13.5. The molecule has 1 aliphatic carbocycles. The third-order valence-electron chi connectivity index (χ3n) is 5.89. The quantitative estimate of drug-likeness (QED) is 0.551. The van der Waals surface area contributed by atoms with Crippen LogP contribution < -0.4 is 5.32 Å². The van der Waals surface area contributed by atoms with Gasteiger partial charge in [-0.15, -0.1) is 11.6 Å². The van der Waals surface area contributed by atoms with Crippen molar-refractivity contribution in [3.05, 3.63) is 70.5 Å². The molecule has 3 atom stereocenters. The number of carbonyl (C=O) groups excluding carboxylic acids is 2. The largest absolute Gasteiger partial charge is 0.351 e. The maximum Gasteiger partial charge on any atom is 0.247 e. The highest BCUT2D eigenvalue weighted by atomic mass is 35.5. The van der Waals surface area contributed by atoms with Crippen LogP contribution in [0.15, 0.2) is 48.5 Å². The molecule has 0 aliphatic heterocycles. The number of rotatable bonds is 7. The second-order valence-corrected chi connectivity index (χ2v) is 8.82. The van der Waals surface area contributed by atoms with Gasteiger partial charge in [-0.25, -0.2) is 4.39 Å². The van der Waals surface area contributed by atoms with E-state index in [1.54, 1.807) is 36.4 Å². The van der Waals surface area contributed by atoms with E-state index in [0.29, 0.717) is 22.1 Å². The van der Waals surface area contributed by atoms with Crippen molar-refractivity contribution in [2.75, 3.05) is 5.88 Å². The minimum atomic E-state index is -0.873. The van der Waals surface area contributed by atoms with Crippen LogP contribution in [0.5, 0.6) is 0 Å². The minimum Gasteiger partial charge on any atom is -0.351 e. The van der Waals surface area contributed by atoms with Gasteiger partial charge in [0, 0.05) is 17.6 Å². The lowest BCUT2D eigenvalue weighted by atomic mass is 9.85. The fourth-order valence-corrected chi connectivity index (χ4v) is 4.38. The van der Waals surface area contributed by atoms with Gasteiger partial charge in [-0.3, -0.25) is 9.59 Å². The molecular weight excluding hydrogens is 438 g/mol. The summed E-state index contributed by atoms with van der Waals surface area (Å²) in [5.74, 6) is -0.882. The number of nitrogens with zero attached hydrogens (tertiary/aromatic N) is 1. The molecule has 1 fully saturated rings. The Labute approximate surface area is 192 Å². The predicted octanol–water partition coefficient (Wildman–Crippen LogP) is 5.48. The highest BCUT2D eigenvalue weighted by Crippen LogP contribution is 2.28. The second-order valence-electron chi connectivity index (χ2n) is 8.11. The standard InChI is InChI=1S/C24H27Cl2FN2O2/c1-16-4-2-3-5-21(16)28-24(31)23(18-8-10-19(26)11-9-18)29(22(30)14-25)15-17-6-12-20(27)13-7-17/h6-13,16,21,23H,2-5,14-15H2,1H3,(H,28,31). The van der Waals surface area contributed by atoms with Crippen molar-refractivity contribution in [2.24, 2.45) is 5.92 Å². The fraction of sp³-hybridized carbons (Fsp3) is 0.417. The summed E-state index contributed by atoms with van der Waals surface area (Å²) in [6, 6.07) is 11.9. The van der Waals surface area contributed by atoms with Crippen LogP contribution in [0, 0.1) is 11.7 Å². The topological polar surface area (TPSA) is 49.4 Å². The summed E-state index contributed by atoms with van der Waals surface area (Å²) < 4.78 is 13.4. The van der Waals surface area contributed by atoms with Gasteiger partial charge in [0.05, 0.1) is 0 Å². The maximum atomic E-state index is 13.5. The van der Waals surface area contributed by atoms with Crippen LogP contribution in [0.1, 0.15) is 49.8 Å². The van der Waals surface area contributed by atoms with E-state index >= 15 is 0 Å². The first kappa shape index (κ1) is 23.6. The Morgan fingerprint density at radius 1 is 1.10 bits per heavy atom. The molecular formula is C24H27Cl2FN2O2. The number of alkyl halides is 1. The molecule has 0 bridgehead atoms. The van der Waals surface area contributed by atoms with Gasteiger partial charge in [0.25, 0.3) is 0 Å². The molecule has 166 valence electrons. The van der Waals surface area contributed by atoms with Crippen LogP contribution in [0.4, 0.5) is 4.39 Å². The lowest BCUT2D eigenvalue weighted by Gasteiger charge is -2.35. The third kappa shape index (κ3) is 6.20. The molecule has 7 heteroatoms. The molecule has 1 N–H and O–H groups in total. The molecule has 0 aromatic heterocycles. The Balaban J connectivity index is 1.94. The first-order valence-corrected chi connectivity index (χ1v) is 11.5. The highest BCUT2D eigenvalue weighted by Gasteiger charge is 2.33. The zero-order valence-electron chi connectivity index (χ0n) is 17.5. The first-order valence-electron chi connectivity index (χ1n) is 10.5. The zero-order valence-corrected chi connectivity index (χ0v) is 19.0. The SMILES string of the molecule is CC1CCCCC1NC(=O)C(c1ccc(Cl)cc1)N(Cc1ccc(F)cc1)C(=O)CCl. The Hall–Kier alpha value is -2.11. The number of nitrogens with one attached hydrogen (secondary N) is 1. The molecule has 2 amide bonds. The van der Waals surface area contributed by atoms with Crippen molar-refractivity contribution in [1.82, 2.24) is 10.2 Å². The van der Waals surface area contributed by atoms with E-state index in [4.69, 9.17) is 23.2 Å². The van der Waals surface area contributed by atoms with Gasteiger partial charge in [-0.05, 0) is 54.2 Å². The molecule has 3 rings (SSSR count). The van der Waals surface area contributed by atoms with E-state index < -0.39 is 6.04 Å². The van der Waals surface area contributed by atoms with Gasteiger partial charge in [-0.2, -0.15) is 0 Å². The van der Waals surface area contributed by atoms with Crippen molar-refractivity contribution in [3.63, 3.8) is 0 Å². The molecule has 1 saturated carbocycles. The average molecular weight is 465 g/mol. The van der Waals surface area contributed by atoms with Crippen molar-refractivity contribution in [3.8, 4) is 0 Å². The van der Waals surface area contributed by atoms with E-state index in [9.17, 15) is 14.0 Å². The normalized spacial score (nSPS) is 19.5. The minimum absolute atomic E-state index is 0.0647. The monoisotopic (exact) mass is 464 g/mol. The third-order valence-corrected chi connectivity index (χ3v) is 6.37. The fourth-order valence-electron chi connectivity index (χ4n) is 4.10. The van der Waals surface area contributed by atoms with Gasteiger partial charge >= 0.3 is 0 Å². The summed E-state index contributed by atoms with van der Waals surface area (Å²) in [6.45, 7) is 2.27. The molecule has 0 heterocycles. The molecule has 31 heavy (non-hydrogen) atoms. The Morgan fingerprint density at radius 2 is 1.74 bits per heavy atom. The van der Waals surface area contributed by atoms with Crippen molar-refractivity contribution >= 4 is 35.0 Å². The smallest absolute Gasteiger partial charge is 0.247 e. The molecule has 4 nitrogen and oxygen atoms in total. The molecule has 0 radical (unpaired) electrons. The molecule has 1 aliphatic rings. The van der Waals surface area contributed by atoms with Gasteiger partial charge < -0.3 is 10.2 Å². The molecule has 0 saturated heterocycles. The van der Waals surface area contributed by atoms with E-state index in [0.717, 1.165) is 25.7 Å². The van der Waals surface area contributed by atoms with Crippen LogP contribution in [0.3, 0.4) is 0 Å². The van der Waals surface area contributed by atoms with Gasteiger partial charge in [-0.1, -0.05) is 55.6 Å². The summed E-state index contributed by atoms with van der Waals surface area (Å²) in [5.41, 5.74) is 1.35.